The second-order valence-electron chi connectivity index (χ2n) is 9.66. The highest BCUT2D eigenvalue weighted by molar-refractivity contribution is 5.90. The Hall–Kier alpha value is -3.39. The minimum Gasteiger partial charge on any atom is -0.481 e. The largest absolute Gasteiger partial charge is 0.481 e. The fraction of sp³-hybridized carbons (Fsp3) is 0.444. The van der Waals surface area contributed by atoms with Gasteiger partial charge in [-0.25, -0.2) is 4.79 Å². The molecule has 0 radical (unpaired) electrons. The number of hydrogen-bond acceptors (Lipinski definition) is 5. The molecule has 2 fully saturated rings. The molecule has 5 rings (SSSR count). The summed E-state index contributed by atoms with van der Waals surface area (Å²) in [4.78, 5) is 37.5. The number of nitrogens with one attached hydrogen (secondary N) is 2. The van der Waals surface area contributed by atoms with Crippen molar-refractivity contribution in [1.29, 1.82) is 0 Å². The van der Waals surface area contributed by atoms with Crippen LogP contribution in [0.2, 0.25) is 0 Å². The monoisotopic (exact) mass is 478 g/mol. The maximum absolute atomic E-state index is 13.3. The van der Waals surface area contributed by atoms with Crippen LogP contribution in [-0.4, -0.2) is 54.5 Å². The molecular formula is C27H30N2O6. The Bertz CT molecular complexity index is 1080. The van der Waals surface area contributed by atoms with Gasteiger partial charge in [0.05, 0.1) is 5.92 Å². The highest BCUT2D eigenvalue weighted by Crippen LogP contribution is 2.44. The molecule has 2 aromatic carbocycles. The molecule has 2 amide bonds. The van der Waals surface area contributed by atoms with Gasteiger partial charge in [-0.05, 0) is 41.5 Å². The van der Waals surface area contributed by atoms with Gasteiger partial charge in [0.15, 0.2) is 0 Å². The molecule has 8 nitrogen and oxygen atoms in total. The van der Waals surface area contributed by atoms with Gasteiger partial charge in [0.25, 0.3) is 0 Å². The summed E-state index contributed by atoms with van der Waals surface area (Å²) < 4.78 is 11.1. The molecule has 2 atom stereocenters. The Morgan fingerprint density at radius 1 is 0.971 bits per heavy atom. The van der Waals surface area contributed by atoms with Crippen LogP contribution in [0, 0.1) is 5.92 Å². The molecule has 35 heavy (non-hydrogen) atoms. The zero-order valence-corrected chi connectivity index (χ0v) is 19.5. The number of fused-ring (bicyclic) bond motifs is 3. The van der Waals surface area contributed by atoms with Crippen LogP contribution in [0.3, 0.4) is 0 Å². The van der Waals surface area contributed by atoms with Gasteiger partial charge in [-0.1, -0.05) is 48.5 Å². The molecule has 0 spiro atoms. The summed E-state index contributed by atoms with van der Waals surface area (Å²) in [5.74, 6) is -1.65. The SMILES string of the molecule is O=C(NC1(C(=O)N[C@@H]2CC[C@H](C(=O)O)C2)CCOCC1)OCC1c2ccccc2-c2ccccc21. The Labute approximate surface area is 204 Å². The molecule has 2 aromatic rings. The maximum atomic E-state index is 13.3. The molecule has 0 bridgehead atoms. The third kappa shape index (κ3) is 4.62. The van der Waals surface area contributed by atoms with Crippen molar-refractivity contribution in [2.75, 3.05) is 19.8 Å². The van der Waals surface area contributed by atoms with E-state index in [9.17, 15) is 19.5 Å². The van der Waals surface area contributed by atoms with Crippen LogP contribution in [0.15, 0.2) is 48.5 Å². The van der Waals surface area contributed by atoms with E-state index in [-0.39, 0.29) is 24.5 Å². The lowest BCUT2D eigenvalue weighted by molar-refractivity contribution is -0.141. The molecule has 3 aliphatic rings. The van der Waals surface area contributed by atoms with Crippen molar-refractivity contribution in [2.45, 2.75) is 49.6 Å². The summed E-state index contributed by atoms with van der Waals surface area (Å²) in [7, 11) is 0. The molecule has 2 aliphatic carbocycles. The number of hydrogen-bond donors (Lipinski definition) is 3. The molecule has 1 saturated carbocycles. The van der Waals surface area contributed by atoms with Crippen LogP contribution in [0.25, 0.3) is 11.1 Å². The Kier molecular flexibility index (Phi) is 6.47. The Morgan fingerprint density at radius 2 is 1.60 bits per heavy atom. The minimum atomic E-state index is -1.14. The lowest BCUT2D eigenvalue weighted by Crippen LogP contribution is -2.62. The minimum absolute atomic E-state index is 0.0703. The highest BCUT2D eigenvalue weighted by Gasteiger charge is 2.44. The molecular weight excluding hydrogens is 448 g/mol. The summed E-state index contributed by atoms with van der Waals surface area (Å²) in [6.07, 6.45) is 1.57. The van der Waals surface area contributed by atoms with Crippen molar-refractivity contribution >= 4 is 18.0 Å². The number of benzene rings is 2. The van der Waals surface area contributed by atoms with Crippen LogP contribution in [0.5, 0.6) is 0 Å². The number of rotatable bonds is 6. The summed E-state index contributed by atoms with van der Waals surface area (Å²) in [5.41, 5.74) is 3.40. The average molecular weight is 479 g/mol. The first-order chi connectivity index (χ1) is 17.0. The standard InChI is InChI=1S/C27H30N2O6/c30-24(31)17-9-10-18(15-17)28-25(32)27(11-13-34-14-12-27)29-26(33)35-16-23-21-7-3-1-5-19(21)20-6-2-4-8-22(20)23/h1-8,17-18,23H,9-16H2,(H,28,32)(H,29,33)(H,30,31)/t17-,18+/m0/s1. The molecule has 0 aromatic heterocycles. The number of alkyl carbamates (subject to hydrolysis) is 1. The first-order valence-corrected chi connectivity index (χ1v) is 12.2. The van der Waals surface area contributed by atoms with Crippen LogP contribution in [0.4, 0.5) is 4.79 Å². The van der Waals surface area contributed by atoms with Crippen LogP contribution in [-0.2, 0) is 19.1 Å². The van der Waals surface area contributed by atoms with Crippen LogP contribution < -0.4 is 10.6 Å². The first-order valence-electron chi connectivity index (χ1n) is 12.2. The zero-order chi connectivity index (χ0) is 24.4. The summed E-state index contributed by atoms with van der Waals surface area (Å²) in [5, 5.41) is 15.1. The van der Waals surface area contributed by atoms with Gasteiger partial charge in [0, 0.05) is 38.0 Å². The normalized spacial score (nSPS) is 22.6. The van der Waals surface area contributed by atoms with Crippen molar-refractivity contribution in [3.8, 4) is 11.1 Å². The number of carboxylic acid groups (broad SMARTS) is 1. The quantitative estimate of drug-likeness (QED) is 0.586. The topological polar surface area (TPSA) is 114 Å². The van der Waals surface area contributed by atoms with E-state index >= 15 is 0 Å². The second-order valence-corrected chi connectivity index (χ2v) is 9.66. The lowest BCUT2D eigenvalue weighted by atomic mass is 9.88. The number of amides is 2. The van der Waals surface area contributed by atoms with E-state index in [0.29, 0.717) is 45.3 Å². The first kappa shape index (κ1) is 23.4. The Balaban J connectivity index is 1.25. The predicted molar refractivity (Wildman–Crippen MR) is 128 cm³/mol. The fourth-order valence-corrected chi connectivity index (χ4v) is 5.62. The lowest BCUT2D eigenvalue weighted by Gasteiger charge is -2.37. The van der Waals surface area contributed by atoms with Crippen LogP contribution >= 0.6 is 0 Å². The Morgan fingerprint density at radius 3 is 2.20 bits per heavy atom. The molecule has 184 valence electrons. The fourth-order valence-electron chi connectivity index (χ4n) is 5.62. The van der Waals surface area contributed by atoms with Gasteiger partial charge in [-0.3, -0.25) is 9.59 Å². The molecule has 1 saturated heterocycles. The van der Waals surface area contributed by atoms with E-state index in [0.717, 1.165) is 22.3 Å². The number of carboxylic acids is 1. The van der Waals surface area contributed by atoms with Gasteiger partial charge in [0.2, 0.25) is 5.91 Å². The van der Waals surface area contributed by atoms with E-state index in [1.165, 1.54) is 0 Å². The van der Waals surface area contributed by atoms with Crippen molar-refractivity contribution in [2.24, 2.45) is 5.92 Å². The zero-order valence-electron chi connectivity index (χ0n) is 19.5. The third-order valence-electron chi connectivity index (χ3n) is 7.58. The van der Waals surface area contributed by atoms with Crippen molar-refractivity contribution in [3.05, 3.63) is 59.7 Å². The smallest absolute Gasteiger partial charge is 0.408 e. The highest BCUT2D eigenvalue weighted by atomic mass is 16.5. The van der Waals surface area contributed by atoms with E-state index in [1.807, 2.05) is 24.3 Å². The molecule has 1 aliphatic heterocycles. The molecule has 8 heteroatoms. The van der Waals surface area contributed by atoms with E-state index in [4.69, 9.17) is 9.47 Å². The van der Waals surface area contributed by atoms with E-state index in [2.05, 4.69) is 34.9 Å². The summed E-state index contributed by atoms with van der Waals surface area (Å²) in [6, 6.07) is 16.0. The average Bonchev–Trinajstić information content (AvgIpc) is 3.46. The number of ether oxygens (including phenoxy) is 2. The molecule has 1 heterocycles. The summed E-state index contributed by atoms with van der Waals surface area (Å²) >= 11 is 0. The predicted octanol–water partition coefficient (Wildman–Crippen LogP) is 3.44. The van der Waals surface area contributed by atoms with Crippen LogP contribution in [0.1, 0.15) is 49.1 Å². The molecule has 0 unspecified atom stereocenters. The van der Waals surface area contributed by atoms with Crippen molar-refractivity contribution < 1.29 is 29.0 Å². The van der Waals surface area contributed by atoms with Gasteiger partial charge in [-0.2, -0.15) is 0 Å². The van der Waals surface area contributed by atoms with Crippen molar-refractivity contribution in [3.63, 3.8) is 0 Å². The maximum Gasteiger partial charge on any atom is 0.408 e. The van der Waals surface area contributed by atoms with Gasteiger partial charge in [-0.15, -0.1) is 0 Å². The van der Waals surface area contributed by atoms with Gasteiger partial charge < -0.3 is 25.2 Å². The number of carbonyl (C=O) groups excluding carboxylic acids is 2. The number of aliphatic carboxylic acids is 1. The second kappa shape index (κ2) is 9.70. The van der Waals surface area contributed by atoms with Gasteiger partial charge in [0.1, 0.15) is 12.1 Å². The van der Waals surface area contributed by atoms with Gasteiger partial charge >= 0.3 is 12.1 Å². The van der Waals surface area contributed by atoms with E-state index < -0.39 is 23.5 Å². The summed E-state index contributed by atoms with van der Waals surface area (Å²) in [6.45, 7) is 0.857. The third-order valence-corrected chi connectivity index (χ3v) is 7.58. The molecule has 3 N–H and O–H groups in total. The van der Waals surface area contributed by atoms with Crippen molar-refractivity contribution in [1.82, 2.24) is 10.6 Å². The number of carbonyl (C=O) groups is 3. The van der Waals surface area contributed by atoms with E-state index in [1.54, 1.807) is 0 Å².